The number of aromatic nitrogens is 1. The molecule has 0 bridgehead atoms. The van der Waals surface area contributed by atoms with Crippen molar-refractivity contribution < 1.29 is 33.4 Å². The summed E-state index contributed by atoms with van der Waals surface area (Å²) in [7, 11) is -6.74. The van der Waals surface area contributed by atoms with Gasteiger partial charge in [0.05, 0.1) is 7.92 Å². The zero-order valence-electron chi connectivity index (χ0n) is 26.5. The smallest absolute Gasteiger partial charge is 0.300 e. The quantitative estimate of drug-likeness (QED) is 0.0718. The van der Waals surface area contributed by atoms with Gasteiger partial charge in [-0.15, -0.1) is 11.3 Å². The Hall–Kier alpha value is -2.69. The minimum Gasteiger partial charge on any atom is -0.358 e. The van der Waals surface area contributed by atoms with Crippen molar-refractivity contribution in [1.29, 1.82) is 0 Å². The molecular formula is C38H36Cl2NO3PPdS2. The zero-order chi connectivity index (χ0) is 32.7. The average molecular weight is 827 g/mol. The number of pyridine rings is 1. The van der Waals surface area contributed by atoms with E-state index in [2.05, 4.69) is 53.5 Å². The summed E-state index contributed by atoms with van der Waals surface area (Å²) < 4.78 is 36.3. The third kappa shape index (κ3) is 9.72. The number of halogens is 2. The van der Waals surface area contributed by atoms with E-state index in [9.17, 15) is 13.0 Å². The monoisotopic (exact) mass is 825 g/mol. The molecule has 252 valence electrons. The van der Waals surface area contributed by atoms with E-state index >= 15 is 0 Å². The van der Waals surface area contributed by atoms with E-state index in [0.29, 0.717) is 5.30 Å². The fourth-order valence-electron chi connectivity index (χ4n) is 5.66. The van der Waals surface area contributed by atoms with Crippen LogP contribution in [0.4, 0.5) is 0 Å². The van der Waals surface area contributed by atoms with Crippen molar-refractivity contribution in [3.05, 3.63) is 189 Å². The summed E-state index contributed by atoms with van der Waals surface area (Å²) in [6.07, 6.45) is 0. The molecule has 0 atom stereocenters. The molecule has 0 aliphatic rings. The molecule has 0 radical (unpaired) electrons. The standard InChI is InChI=1S/C30H23Cl2O3PS2.C7H9N.CH3.Pd/c31-29-27(28(30(32)37-29)38(33,34)35)36(25(21-13-5-1-6-14-21)22-15-7-2-8-16-22)26(23-17-9-3-10-18-23)24-19-11-4-12-20-24;1-6-4-3-5-7(2)8-6;;/h1-20,25-26H,(H,33,34,35);3-5H,1-2H3;1H3;/q;;-1;/p+1. The van der Waals surface area contributed by atoms with E-state index in [1.54, 1.807) is 0 Å². The van der Waals surface area contributed by atoms with Gasteiger partial charge in [0.15, 0.2) is 4.90 Å². The Kier molecular flexibility index (Phi) is 15.2. The number of benzene rings is 4. The SMILES string of the molecule is Cc1cccc(C)n1.O=S(=O)(O)c1c(Cl)sc(Cl)c1[PH+](C(c1ccccc1)c1ccccc1)C(c1ccccc1)c1ccccc1.[CH3-].[Pd]. The van der Waals surface area contributed by atoms with Gasteiger partial charge in [-0.3, -0.25) is 9.54 Å². The van der Waals surface area contributed by atoms with Crippen molar-refractivity contribution >= 4 is 57.9 Å². The molecule has 0 saturated carbocycles. The van der Waals surface area contributed by atoms with Gasteiger partial charge < -0.3 is 7.43 Å². The van der Waals surface area contributed by atoms with E-state index in [1.807, 2.05) is 105 Å². The average Bonchev–Trinajstić information content (AvgIpc) is 3.36. The maximum atomic E-state index is 12.8. The maximum absolute atomic E-state index is 12.8. The zero-order valence-corrected chi connectivity index (χ0v) is 32.2. The third-order valence-electron chi connectivity index (χ3n) is 7.51. The Morgan fingerprint density at radius 2 is 0.938 bits per heavy atom. The summed E-state index contributed by atoms with van der Waals surface area (Å²) in [4.78, 5) is 3.89. The largest absolute Gasteiger partial charge is 0.358 e. The van der Waals surface area contributed by atoms with Crippen LogP contribution in [0.25, 0.3) is 0 Å². The van der Waals surface area contributed by atoms with Crippen LogP contribution in [-0.2, 0) is 30.5 Å². The predicted octanol–water partition coefficient (Wildman–Crippen LogP) is 10.9. The molecule has 48 heavy (non-hydrogen) atoms. The molecule has 1 N–H and O–H groups in total. The van der Waals surface area contributed by atoms with E-state index in [4.69, 9.17) is 23.2 Å². The Bertz CT molecular complexity index is 1800. The molecule has 0 amide bonds. The molecule has 0 aliphatic heterocycles. The van der Waals surface area contributed by atoms with Gasteiger partial charge in [0.25, 0.3) is 0 Å². The van der Waals surface area contributed by atoms with Crippen molar-refractivity contribution in [2.24, 2.45) is 0 Å². The second-order valence-electron chi connectivity index (χ2n) is 10.7. The molecule has 0 fully saturated rings. The summed E-state index contributed by atoms with van der Waals surface area (Å²) >= 11 is 14.3. The summed E-state index contributed by atoms with van der Waals surface area (Å²) in [6, 6.07) is 46.2. The number of nitrogens with zero attached hydrogens (tertiary/aromatic N) is 1. The minimum absolute atomic E-state index is 0. The van der Waals surface area contributed by atoms with Gasteiger partial charge in [0, 0.05) is 31.8 Å². The van der Waals surface area contributed by atoms with Crippen molar-refractivity contribution in [3.63, 3.8) is 0 Å². The Balaban J connectivity index is 0.000000550. The van der Waals surface area contributed by atoms with E-state index in [1.165, 1.54) is 0 Å². The van der Waals surface area contributed by atoms with Crippen molar-refractivity contribution in [1.82, 2.24) is 4.98 Å². The Morgan fingerprint density at radius 3 is 1.21 bits per heavy atom. The van der Waals surface area contributed by atoms with Gasteiger partial charge in [-0.25, -0.2) is 0 Å². The third-order valence-corrected chi connectivity index (χ3v) is 14.5. The van der Waals surface area contributed by atoms with E-state index in [0.717, 1.165) is 45.0 Å². The topological polar surface area (TPSA) is 67.3 Å². The number of hydrogen-bond acceptors (Lipinski definition) is 4. The molecule has 0 aliphatic carbocycles. The van der Waals surface area contributed by atoms with Crippen LogP contribution in [0.1, 0.15) is 45.0 Å². The summed E-state index contributed by atoms with van der Waals surface area (Å²) in [5.74, 6) is 0. The molecule has 2 heterocycles. The molecule has 4 aromatic carbocycles. The molecule has 6 rings (SSSR count). The minimum atomic E-state index is -4.66. The first kappa shape index (κ1) is 39.7. The number of aryl methyl sites for hydroxylation is 2. The van der Waals surface area contributed by atoms with Crippen LogP contribution < -0.4 is 5.30 Å². The van der Waals surface area contributed by atoms with Gasteiger partial charge >= 0.3 is 10.1 Å². The first-order valence-corrected chi connectivity index (χ1v) is 19.2. The van der Waals surface area contributed by atoms with Crippen LogP contribution in [0.2, 0.25) is 8.67 Å². The fraction of sp³-hybridized carbons (Fsp3) is 0.105. The molecule has 6 aromatic rings. The first-order chi connectivity index (χ1) is 22.1. The molecule has 0 spiro atoms. The molecule has 2 aromatic heterocycles. The van der Waals surface area contributed by atoms with Crippen LogP contribution in [0.15, 0.2) is 144 Å². The summed E-state index contributed by atoms with van der Waals surface area (Å²) in [6.45, 7) is 3.99. The second kappa shape index (κ2) is 18.3. The Labute approximate surface area is 313 Å². The molecule has 0 saturated heterocycles. The van der Waals surface area contributed by atoms with Gasteiger partial charge in [-0.05, 0) is 48.2 Å². The second-order valence-corrected chi connectivity index (χ2v) is 16.9. The van der Waals surface area contributed by atoms with Crippen LogP contribution in [-0.4, -0.2) is 18.0 Å². The normalized spacial score (nSPS) is 11.0. The van der Waals surface area contributed by atoms with Gasteiger partial charge in [0.1, 0.15) is 25.3 Å². The Morgan fingerprint density at radius 1 is 0.604 bits per heavy atom. The van der Waals surface area contributed by atoms with Gasteiger partial charge in [-0.1, -0.05) is 151 Å². The van der Waals surface area contributed by atoms with Crippen LogP contribution >= 0.6 is 42.5 Å². The first-order valence-electron chi connectivity index (χ1n) is 14.6. The van der Waals surface area contributed by atoms with Crippen LogP contribution in [0.5, 0.6) is 0 Å². The predicted molar refractivity (Wildman–Crippen MR) is 202 cm³/mol. The fourth-order valence-corrected chi connectivity index (χ4v) is 13.9. The number of rotatable bonds is 8. The molecule has 10 heteroatoms. The van der Waals surface area contributed by atoms with E-state index < -0.39 is 18.0 Å². The molecule has 0 unspecified atom stereocenters. The van der Waals surface area contributed by atoms with E-state index in [-0.39, 0.29) is 52.7 Å². The maximum Gasteiger partial charge on any atom is 0.300 e. The van der Waals surface area contributed by atoms with Gasteiger partial charge in [0.2, 0.25) is 0 Å². The number of thiophene rings is 1. The summed E-state index contributed by atoms with van der Waals surface area (Å²) in [5.41, 5.74) is 5.85. The van der Waals surface area contributed by atoms with Crippen LogP contribution in [0.3, 0.4) is 0 Å². The van der Waals surface area contributed by atoms with Crippen molar-refractivity contribution in [3.8, 4) is 0 Å². The van der Waals surface area contributed by atoms with Crippen molar-refractivity contribution in [2.75, 3.05) is 0 Å². The summed E-state index contributed by atoms with van der Waals surface area (Å²) in [5, 5.41) is 0.421. The molecule has 4 nitrogen and oxygen atoms in total. The molecular weight excluding hydrogens is 791 g/mol. The van der Waals surface area contributed by atoms with Crippen molar-refractivity contribution in [2.45, 2.75) is 30.1 Å². The number of hydrogen-bond donors (Lipinski definition) is 1. The van der Waals surface area contributed by atoms with Crippen LogP contribution in [0, 0.1) is 21.3 Å². The van der Waals surface area contributed by atoms with Gasteiger partial charge in [-0.2, -0.15) is 8.42 Å².